The van der Waals surface area contributed by atoms with Crippen molar-refractivity contribution in [2.24, 2.45) is 0 Å². The number of carboxylic acids is 1. The molecule has 2 rings (SSSR count). The van der Waals surface area contributed by atoms with Gasteiger partial charge in [-0.05, 0) is 30.5 Å². The minimum Gasteiger partial charge on any atom is -0.481 e. The Morgan fingerprint density at radius 2 is 1.72 bits per heavy atom. The molecule has 3 nitrogen and oxygen atoms in total. The van der Waals surface area contributed by atoms with Crippen molar-refractivity contribution in [2.75, 3.05) is 0 Å². The number of aliphatic carboxylic acids is 1. The van der Waals surface area contributed by atoms with E-state index in [1.165, 1.54) is 24.3 Å². The van der Waals surface area contributed by atoms with Crippen LogP contribution in [0.4, 0.5) is 4.39 Å². The molecule has 1 aromatic rings. The molecule has 1 atom stereocenters. The van der Waals surface area contributed by atoms with Gasteiger partial charge >= 0.3 is 5.97 Å². The molecule has 0 bridgehead atoms. The van der Waals surface area contributed by atoms with Crippen LogP contribution < -0.4 is 0 Å². The Labute approximate surface area is 105 Å². The molecule has 1 saturated carbocycles. The fourth-order valence-electron chi connectivity index (χ4n) is 2.79. The highest BCUT2D eigenvalue weighted by molar-refractivity contribution is 5.77. The number of rotatable bonds is 3. The van der Waals surface area contributed by atoms with E-state index in [-0.39, 0.29) is 0 Å². The molecule has 0 spiro atoms. The molecule has 0 radical (unpaired) electrons. The SMILES string of the molecule is O=C(O)[C@H](c1ccc(F)cc1)C1(O)CCCCC1. The highest BCUT2D eigenvalue weighted by Gasteiger charge is 2.43. The summed E-state index contributed by atoms with van der Waals surface area (Å²) in [7, 11) is 0. The number of carbonyl (C=O) groups is 1. The van der Waals surface area contributed by atoms with Crippen LogP contribution in [-0.2, 0) is 4.79 Å². The molecule has 0 unspecified atom stereocenters. The summed E-state index contributed by atoms with van der Waals surface area (Å²) in [6.45, 7) is 0. The van der Waals surface area contributed by atoms with Gasteiger partial charge in [0.15, 0.2) is 0 Å². The molecule has 0 saturated heterocycles. The Kier molecular flexibility index (Phi) is 3.66. The van der Waals surface area contributed by atoms with E-state index >= 15 is 0 Å². The number of hydrogen-bond donors (Lipinski definition) is 2. The largest absolute Gasteiger partial charge is 0.481 e. The molecule has 1 aliphatic rings. The van der Waals surface area contributed by atoms with E-state index in [1.807, 2.05) is 0 Å². The average molecular weight is 252 g/mol. The zero-order valence-corrected chi connectivity index (χ0v) is 10.1. The minimum absolute atomic E-state index is 0.404. The first-order valence-electron chi connectivity index (χ1n) is 6.23. The quantitative estimate of drug-likeness (QED) is 0.869. The Hall–Kier alpha value is -1.42. The number of benzene rings is 1. The molecule has 0 aromatic heterocycles. The fourth-order valence-corrected chi connectivity index (χ4v) is 2.79. The summed E-state index contributed by atoms with van der Waals surface area (Å²) < 4.78 is 12.9. The molecule has 2 N–H and O–H groups in total. The zero-order chi connectivity index (χ0) is 13.2. The maximum absolute atomic E-state index is 12.9. The summed E-state index contributed by atoms with van der Waals surface area (Å²) in [5.41, 5.74) is -0.740. The summed E-state index contributed by atoms with van der Waals surface area (Å²) >= 11 is 0. The van der Waals surface area contributed by atoms with Crippen molar-refractivity contribution in [3.05, 3.63) is 35.6 Å². The van der Waals surface area contributed by atoms with Gasteiger partial charge in [-0.1, -0.05) is 31.4 Å². The van der Waals surface area contributed by atoms with Gasteiger partial charge in [0.2, 0.25) is 0 Å². The number of halogens is 1. The van der Waals surface area contributed by atoms with Gasteiger partial charge in [0, 0.05) is 0 Å². The Bertz CT molecular complexity index is 421. The van der Waals surface area contributed by atoms with Gasteiger partial charge in [-0.2, -0.15) is 0 Å². The van der Waals surface area contributed by atoms with Crippen LogP contribution in [0.1, 0.15) is 43.6 Å². The van der Waals surface area contributed by atoms with Gasteiger partial charge in [0.25, 0.3) is 0 Å². The van der Waals surface area contributed by atoms with Crippen LogP contribution in [0, 0.1) is 5.82 Å². The van der Waals surface area contributed by atoms with Gasteiger partial charge in [-0.3, -0.25) is 4.79 Å². The predicted octanol–water partition coefficient (Wildman–Crippen LogP) is 2.69. The topological polar surface area (TPSA) is 57.5 Å². The lowest BCUT2D eigenvalue weighted by atomic mass is 9.73. The molecule has 1 fully saturated rings. The Balaban J connectivity index is 2.33. The second-order valence-corrected chi connectivity index (χ2v) is 4.99. The summed E-state index contributed by atoms with van der Waals surface area (Å²) in [6, 6.07) is 5.36. The predicted molar refractivity (Wildman–Crippen MR) is 64.8 cm³/mol. The molecular weight excluding hydrogens is 235 g/mol. The third-order valence-electron chi connectivity index (χ3n) is 3.71. The van der Waals surface area contributed by atoms with Crippen LogP contribution in [0.25, 0.3) is 0 Å². The molecule has 98 valence electrons. The fraction of sp³-hybridized carbons (Fsp3) is 0.500. The van der Waals surface area contributed by atoms with Crippen molar-refractivity contribution in [3.63, 3.8) is 0 Å². The van der Waals surface area contributed by atoms with Crippen LogP contribution in [-0.4, -0.2) is 21.8 Å². The highest BCUT2D eigenvalue weighted by Crippen LogP contribution is 2.40. The van der Waals surface area contributed by atoms with Crippen molar-refractivity contribution in [1.82, 2.24) is 0 Å². The summed E-state index contributed by atoms with van der Waals surface area (Å²) in [4.78, 5) is 11.4. The monoisotopic (exact) mass is 252 g/mol. The first-order valence-corrected chi connectivity index (χ1v) is 6.23. The summed E-state index contributed by atoms with van der Waals surface area (Å²) in [5.74, 6) is -2.43. The maximum atomic E-state index is 12.9. The minimum atomic E-state index is -1.21. The van der Waals surface area contributed by atoms with Gasteiger partial charge in [-0.15, -0.1) is 0 Å². The molecule has 0 heterocycles. The Morgan fingerprint density at radius 3 is 2.22 bits per heavy atom. The lowest BCUT2D eigenvalue weighted by molar-refractivity contribution is -0.147. The molecule has 0 aliphatic heterocycles. The van der Waals surface area contributed by atoms with Gasteiger partial charge in [0.05, 0.1) is 5.60 Å². The van der Waals surface area contributed by atoms with E-state index < -0.39 is 23.3 Å². The first-order chi connectivity index (χ1) is 8.53. The summed E-state index contributed by atoms with van der Waals surface area (Å²) in [6.07, 6.45) is 3.67. The molecule has 1 aromatic carbocycles. The smallest absolute Gasteiger partial charge is 0.313 e. The lowest BCUT2D eigenvalue weighted by Gasteiger charge is -2.37. The van der Waals surface area contributed by atoms with E-state index in [2.05, 4.69) is 0 Å². The third kappa shape index (κ3) is 2.53. The van der Waals surface area contributed by atoms with Crippen LogP contribution in [0.5, 0.6) is 0 Å². The van der Waals surface area contributed by atoms with E-state index in [1.54, 1.807) is 0 Å². The van der Waals surface area contributed by atoms with Crippen LogP contribution in [0.15, 0.2) is 24.3 Å². The second kappa shape index (κ2) is 5.06. The normalized spacial score (nSPS) is 20.3. The zero-order valence-electron chi connectivity index (χ0n) is 10.1. The van der Waals surface area contributed by atoms with E-state index in [0.29, 0.717) is 18.4 Å². The van der Waals surface area contributed by atoms with Crippen molar-refractivity contribution in [3.8, 4) is 0 Å². The number of aliphatic hydroxyl groups is 1. The molecule has 18 heavy (non-hydrogen) atoms. The first kappa shape index (κ1) is 13.0. The van der Waals surface area contributed by atoms with Gasteiger partial charge in [-0.25, -0.2) is 4.39 Å². The summed E-state index contributed by atoms with van der Waals surface area (Å²) in [5, 5.41) is 19.9. The van der Waals surface area contributed by atoms with Gasteiger partial charge < -0.3 is 10.2 Å². The Morgan fingerprint density at radius 1 is 1.17 bits per heavy atom. The van der Waals surface area contributed by atoms with Crippen LogP contribution in [0.2, 0.25) is 0 Å². The molecule has 1 aliphatic carbocycles. The molecule has 4 heteroatoms. The van der Waals surface area contributed by atoms with Crippen molar-refractivity contribution < 1.29 is 19.4 Å². The second-order valence-electron chi connectivity index (χ2n) is 4.99. The van der Waals surface area contributed by atoms with Crippen LogP contribution >= 0.6 is 0 Å². The van der Waals surface area contributed by atoms with Crippen LogP contribution in [0.3, 0.4) is 0 Å². The van der Waals surface area contributed by atoms with E-state index in [4.69, 9.17) is 0 Å². The lowest BCUT2D eigenvalue weighted by Crippen LogP contribution is -2.42. The maximum Gasteiger partial charge on any atom is 0.313 e. The van der Waals surface area contributed by atoms with Crippen molar-refractivity contribution in [1.29, 1.82) is 0 Å². The standard InChI is InChI=1S/C14H17FO3/c15-11-6-4-10(5-7-11)12(13(16)17)14(18)8-2-1-3-9-14/h4-7,12,18H,1-3,8-9H2,(H,16,17)/t12-/m0/s1. The van der Waals surface area contributed by atoms with E-state index in [9.17, 15) is 19.4 Å². The van der Waals surface area contributed by atoms with Crippen molar-refractivity contribution >= 4 is 5.97 Å². The van der Waals surface area contributed by atoms with Gasteiger partial charge in [0.1, 0.15) is 11.7 Å². The number of hydrogen-bond acceptors (Lipinski definition) is 2. The van der Waals surface area contributed by atoms with E-state index in [0.717, 1.165) is 19.3 Å². The highest BCUT2D eigenvalue weighted by atomic mass is 19.1. The van der Waals surface area contributed by atoms with Crippen molar-refractivity contribution in [2.45, 2.75) is 43.6 Å². The average Bonchev–Trinajstić information content (AvgIpc) is 2.32. The third-order valence-corrected chi connectivity index (χ3v) is 3.71. The molecular formula is C14H17FO3. The number of carboxylic acid groups (broad SMARTS) is 1. The molecule has 0 amide bonds.